The minimum atomic E-state index is -0.466. The fraction of sp³-hybridized carbons (Fsp3) is 0.361. The molecule has 2 saturated carbocycles. The number of allylic oxidation sites excluding steroid dienone is 1. The molecular weight excluding hydrogens is 1830 g/mol. The Labute approximate surface area is 811 Å². The molecule has 42 heteroatoms. The number of carbonyl (C=O) groups is 6. The van der Waals surface area contributed by atoms with Crippen molar-refractivity contribution in [3.63, 3.8) is 0 Å². The summed E-state index contributed by atoms with van der Waals surface area (Å²) in [5, 5.41) is 65.9. The van der Waals surface area contributed by atoms with Gasteiger partial charge in [-0.15, -0.1) is 0 Å². The highest BCUT2D eigenvalue weighted by atomic mass is 35.5. The van der Waals surface area contributed by atoms with Crippen molar-refractivity contribution in [3.8, 4) is 12.1 Å². The lowest BCUT2D eigenvalue weighted by Crippen LogP contribution is -2.48. The highest BCUT2D eigenvalue weighted by Gasteiger charge is 2.33. The second-order valence-electron chi connectivity index (χ2n) is 35.7. The van der Waals surface area contributed by atoms with E-state index in [1.807, 2.05) is 38.2 Å². The number of amides is 6. The number of aromatic amines is 1. The van der Waals surface area contributed by atoms with Crippen LogP contribution in [0.5, 0.6) is 0 Å². The fourth-order valence-corrected chi connectivity index (χ4v) is 18.8. The van der Waals surface area contributed by atoms with Crippen LogP contribution in [0.2, 0.25) is 10.0 Å². The molecule has 0 spiro atoms. The van der Waals surface area contributed by atoms with Gasteiger partial charge in [0.25, 0.3) is 11.8 Å². The average molecular weight is 1940 g/mol. The first kappa shape index (κ1) is 94.4. The molecule has 38 nitrogen and oxygen atoms in total. The third kappa shape index (κ3) is 22.0. The molecule has 0 bridgehead atoms. The largest absolute Gasteiger partial charge is 0.368 e. The number of imide groups is 2. The maximum Gasteiger partial charge on any atom is 0.305 e. The number of pyridine rings is 1. The number of hydrogen-bond acceptors (Lipinski definition) is 30. The van der Waals surface area contributed by atoms with E-state index in [9.17, 15) is 43.2 Å². The molecule has 2 aliphatic carbocycles. The van der Waals surface area contributed by atoms with Crippen LogP contribution < -0.4 is 77.3 Å². The summed E-state index contributed by atoms with van der Waals surface area (Å²) in [7, 11) is 0. The molecule has 0 radical (unpaired) electrons. The number of H-pyrrole nitrogens is 1. The Morgan fingerprint density at radius 2 is 1.07 bits per heavy atom. The number of nitriles is 2. The maximum atomic E-state index is 14.4. The van der Waals surface area contributed by atoms with Gasteiger partial charge in [0, 0.05) is 171 Å². The Balaban J connectivity index is 0.000000123. The maximum absolute atomic E-state index is 14.4. The molecule has 7 saturated heterocycles. The lowest BCUT2D eigenvalue weighted by atomic mass is 10.1. The summed E-state index contributed by atoms with van der Waals surface area (Å²) in [4.78, 5) is 122. The summed E-state index contributed by atoms with van der Waals surface area (Å²) in [5.41, 5.74) is 10.4. The molecule has 6 amide bonds. The molecule has 139 heavy (non-hydrogen) atoms. The first-order chi connectivity index (χ1) is 67.3. The molecule has 21 rings (SSSR count). The van der Waals surface area contributed by atoms with Gasteiger partial charge in [0.05, 0.1) is 87.5 Å². The third-order valence-corrected chi connectivity index (χ3v) is 27.1. The van der Waals surface area contributed by atoms with E-state index in [4.69, 9.17) is 43.4 Å². The smallest absolute Gasteiger partial charge is 0.305 e. The highest BCUT2D eigenvalue weighted by Crippen LogP contribution is 2.38. The van der Waals surface area contributed by atoms with Gasteiger partial charge in [-0.05, 0) is 177 Å². The second kappa shape index (κ2) is 41.5. The van der Waals surface area contributed by atoms with Crippen molar-refractivity contribution in [2.45, 2.75) is 135 Å². The Bertz CT molecular complexity index is 7210. The van der Waals surface area contributed by atoms with Gasteiger partial charge >= 0.3 is 4.87 Å². The monoisotopic (exact) mass is 1940 g/mol. The van der Waals surface area contributed by atoms with Gasteiger partial charge in [-0.2, -0.15) is 49.0 Å². The number of piperidine rings is 2. The van der Waals surface area contributed by atoms with Crippen LogP contribution in [0, 0.1) is 35.4 Å². The number of aromatic nitrogens is 14. The molecular formula is C97H104Cl2FN31O7S. The lowest BCUT2D eigenvalue weighted by Gasteiger charge is -2.37. The van der Waals surface area contributed by atoms with Crippen molar-refractivity contribution < 1.29 is 33.2 Å². The number of nitrogens with one attached hydrogen (secondary N) is 10. The number of carbonyl (C=O) groups excluding carboxylic acids is 6. The Morgan fingerprint density at radius 1 is 0.561 bits per heavy atom. The van der Waals surface area contributed by atoms with E-state index >= 15 is 0 Å². The van der Waals surface area contributed by atoms with Gasteiger partial charge in [-0.3, -0.25) is 54.0 Å². The van der Waals surface area contributed by atoms with Crippen LogP contribution in [0.3, 0.4) is 0 Å². The molecule has 12 aromatic rings. The standard InChI is InChI=1S/C26H27ClN8O2.C25H27ClFN7O2.C25H25N9OS.C21H25N7O2/c1-16(34-7-3-2-4-8-34)14-29-23-12-22(31-21-6-5-17(13-28)9-20(21)27)32-25-19(15-30-35(23)25)10-18-11-24(36)33-26(18)37;1-15(33-7-3-2-4-8-33)13-28-22-12-21(30-20-11-18(26)5-6-19(20)27)31-24-17(14-29-34(22)24)9-16-10-23(35)32-25(16)36;1-15-21(32-8-10-33(11-9-32)23-17(13-26)4-3-7-27-23)31-24-18(12-20-16(2)29-25(35)36-20)14-28-34(24)22(15)30-19-5-6-19;1-13-15(10-20(30)23-13)9-16-12-22-28-19(24-17-3-4-17)11-18(25-21(16)28)27-7-5-26(6-8-27)14(2)29/h5-6,9-10,12,15-16,29H,2-4,7-8,11,14H2,1H3,(H,31,32)(H,33,36,37);5-6,9,11-12,14-15,28H,2-4,7-8,10,13H2,1H3,(H,30,31)(H,32,35,36);3-4,7,12,14,19,30H,2,5-6,8-11H2,1H3,(H,29,35);9,11-12,17,24H,1,3-8,10H2,2H3,(H,23,30)/b18-10+;16-9+;20-12-;15-9+. The average Bonchev–Trinajstić information content (AvgIpc) is 1.62. The molecule has 9 fully saturated rings. The van der Waals surface area contributed by atoms with Crippen LogP contribution in [0.15, 0.2) is 132 Å². The van der Waals surface area contributed by atoms with Crippen LogP contribution in [0.1, 0.15) is 143 Å². The van der Waals surface area contributed by atoms with Crippen molar-refractivity contribution in [2.75, 3.05) is 138 Å². The number of fused-ring (bicyclic) bond motifs is 4. The van der Waals surface area contributed by atoms with Gasteiger partial charge in [0.15, 0.2) is 22.6 Å². The normalized spacial score (nSPS) is 18.4. The molecule has 17 heterocycles. The van der Waals surface area contributed by atoms with Crippen LogP contribution >= 0.6 is 34.5 Å². The third-order valence-electron chi connectivity index (χ3n) is 25.6. The number of halogens is 3. The second-order valence-corrected chi connectivity index (χ2v) is 37.6. The summed E-state index contributed by atoms with van der Waals surface area (Å²) in [6.07, 6.45) is 28.0. The summed E-state index contributed by atoms with van der Waals surface area (Å²) in [6.45, 7) is 27.6. The van der Waals surface area contributed by atoms with Crippen LogP contribution in [0.4, 0.5) is 68.1 Å². The predicted molar refractivity (Wildman–Crippen MR) is 533 cm³/mol. The minimum absolute atomic E-state index is 0.000294. The SMILES string of the molecule is C=C1NC(=O)C/C1=C\c1cnn2c(NC3CC3)cc(N3CCN(C(C)=O)CC3)nc12.C=c1[nH]c(=O)s/c1=C\c1cnn2c(NC3CC3)c(C)c(N3CCN(c4ncccc4C#N)CC3)nc12.CC(CNc1cc(Nc2cc(Cl)ccc2F)nc2c(/C=C3\CC(=O)NC3=O)cnn12)N1CCCCC1.CC(CNc1cc(Nc2ccc(C#N)cc2Cl)nc2c(/C=C3\CC(=O)NC3=O)cnn12)N1CCCCC1. The Kier molecular flexibility index (Phi) is 28.2. The first-order valence-corrected chi connectivity index (χ1v) is 48.1. The predicted octanol–water partition coefficient (Wildman–Crippen LogP) is 10.3. The number of thiazole rings is 1. The summed E-state index contributed by atoms with van der Waals surface area (Å²) in [6, 6.07) is 24.4. The molecule has 2 unspecified atom stereocenters. The summed E-state index contributed by atoms with van der Waals surface area (Å²) < 4.78 is 22.2. The van der Waals surface area contributed by atoms with E-state index in [2.05, 4.69) is 154 Å². The molecule has 716 valence electrons. The van der Waals surface area contributed by atoms with Crippen molar-refractivity contribution in [1.82, 2.24) is 99.0 Å². The van der Waals surface area contributed by atoms with E-state index in [1.165, 1.54) is 56.7 Å². The lowest BCUT2D eigenvalue weighted by molar-refractivity contribution is -0.129. The Hall–Kier alpha value is -15.0. The molecule has 10 aromatic heterocycles. The Morgan fingerprint density at radius 3 is 1.59 bits per heavy atom. The van der Waals surface area contributed by atoms with Crippen molar-refractivity contribution in [2.24, 2.45) is 0 Å². The molecule has 2 atom stereocenters. The topological polar surface area (TPSA) is 444 Å². The van der Waals surface area contributed by atoms with E-state index in [0.717, 1.165) is 175 Å². The zero-order valence-electron chi connectivity index (χ0n) is 77.2. The molecule has 7 aliphatic heterocycles. The number of benzene rings is 2. The summed E-state index contributed by atoms with van der Waals surface area (Å²) in [5.74, 6) is 4.75. The van der Waals surface area contributed by atoms with Crippen LogP contribution in [-0.4, -0.2) is 234 Å². The number of hydrogen-bond donors (Lipinski definition) is 10. The quantitative estimate of drug-likeness (QED) is 0.0210. The number of nitrogens with zero attached hydrogens (tertiary/aromatic N) is 21. The van der Waals surface area contributed by atoms with E-state index in [-0.39, 0.29) is 47.0 Å². The van der Waals surface area contributed by atoms with Crippen molar-refractivity contribution in [3.05, 3.63) is 201 Å². The molecule has 9 aliphatic rings. The van der Waals surface area contributed by atoms with Crippen LogP contribution in [-0.2, 0) is 28.8 Å². The van der Waals surface area contributed by atoms with E-state index < -0.39 is 17.6 Å². The number of anilines is 11. The van der Waals surface area contributed by atoms with Crippen molar-refractivity contribution in [1.29, 1.82) is 10.5 Å². The van der Waals surface area contributed by atoms with Gasteiger partial charge in [0.1, 0.15) is 64.2 Å². The number of piperazine rings is 2. The van der Waals surface area contributed by atoms with Gasteiger partial charge in [-0.25, -0.2) is 29.3 Å². The minimum Gasteiger partial charge on any atom is -0.368 e. The highest BCUT2D eigenvalue weighted by molar-refractivity contribution is 7.07. The van der Waals surface area contributed by atoms with Gasteiger partial charge in [-0.1, -0.05) is 60.5 Å². The van der Waals surface area contributed by atoms with Crippen molar-refractivity contribution >= 4 is 187 Å². The van der Waals surface area contributed by atoms with Crippen LogP contribution in [0.25, 0.3) is 53.5 Å². The number of likely N-dealkylation sites (tertiary alicyclic amines) is 2. The first-order valence-electron chi connectivity index (χ1n) is 46.5. The van der Waals surface area contributed by atoms with Gasteiger partial charge in [0.2, 0.25) is 23.6 Å². The van der Waals surface area contributed by atoms with Gasteiger partial charge < -0.3 is 61.8 Å². The zero-order valence-corrected chi connectivity index (χ0v) is 79.5. The molecule has 10 N–H and O–H groups in total. The zero-order chi connectivity index (χ0) is 96.8. The van der Waals surface area contributed by atoms with E-state index in [0.29, 0.717) is 146 Å². The fourth-order valence-electron chi connectivity index (χ4n) is 17.7. The molecule has 2 aromatic carbocycles. The summed E-state index contributed by atoms with van der Waals surface area (Å²) >= 11 is 13.6. The number of rotatable bonds is 23. The van der Waals surface area contributed by atoms with E-state index in [1.54, 1.807) is 95.5 Å².